The molecule has 8 nitrogen and oxygen atoms in total. The van der Waals surface area contributed by atoms with Gasteiger partial charge in [0.1, 0.15) is 5.76 Å². The maximum absolute atomic E-state index is 12.1. The van der Waals surface area contributed by atoms with E-state index in [1.807, 2.05) is 13.0 Å². The number of ether oxygens (including phenoxy) is 1. The molecule has 124 valence electrons. The third kappa shape index (κ3) is 4.43. The van der Waals surface area contributed by atoms with Gasteiger partial charge >= 0.3 is 0 Å². The van der Waals surface area contributed by atoms with Crippen LogP contribution in [0.1, 0.15) is 11.5 Å². The predicted molar refractivity (Wildman–Crippen MR) is 86.2 cm³/mol. The highest BCUT2D eigenvalue weighted by molar-refractivity contribution is 8.01. The molecule has 1 aliphatic heterocycles. The van der Waals surface area contributed by atoms with Crippen molar-refractivity contribution in [2.45, 2.75) is 23.7 Å². The number of amides is 1. The zero-order chi connectivity index (χ0) is 16.2. The average Bonchev–Trinajstić information content (AvgIpc) is 3.21. The first-order valence-electron chi connectivity index (χ1n) is 7.11. The summed E-state index contributed by atoms with van der Waals surface area (Å²) in [5.74, 6) is 1.22. The smallest absolute Gasteiger partial charge is 0.230 e. The Hall–Kier alpha value is -1.65. The van der Waals surface area contributed by atoms with Crippen LogP contribution in [0.15, 0.2) is 14.9 Å². The number of hydrogen-bond donors (Lipinski definition) is 2. The van der Waals surface area contributed by atoms with Gasteiger partial charge in [-0.15, -0.1) is 10.2 Å². The number of aromatic nitrogens is 3. The average molecular weight is 355 g/mol. The van der Waals surface area contributed by atoms with Crippen molar-refractivity contribution < 1.29 is 14.1 Å². The second kappa shape index (κ2) is 7.28. The molecule has 0 aromatic carbocycles. The van der Waals surface area contributed by atoms with Gasteiger partial charge in [-0.2, -0.15) is 0 Å². The van der Waals surface area contributed by atoms with E-state index in [2.05, 4.69) is 20.7 Å². The summed E-state index contributed by atoms with van der Waals surface area (Å²) in [6.45, 7) is 3.00. The zero-order valence-corrected chi connectivity index (χ0v) is 14.2. The standard InChI is InChI=1S/C13H17N5O3S2/c1-7-2-9(21-18-7)3-8-4-20-5-10(8)15-11(19)6-22-13-17-16-12(14)23-13/h2,8,10H,3-6H2,1H3,(H2,14,16)(H,15,19)/t8-,10+/m1/s1. The molecule has 23 heavy (non-hydrogen) atoms. The van der Waals surface area contributed by atoms with E-state index < -0.39 is 0 Å². The number of thioether (sulfide) groups is 1. The molecule has 1 amide bonds. The van der Waals surface area contributed by atoms with Crippen LogP contribution in [-0.4, -0.2) is 46.3 Å². The summed E-state index contributed by atoms with van der Waals surface area (Å²) in [6.07, 6.45) is 0.700. The van der Waals surface area contributed by atoms with Gasteiger partial charge in [-0.05, 0) is 6.92 Å². The number of nitrogens with two attached hydrogens (primary N) is 1. The number of carbonyl (C=O) groups excluding carboxylic acids is 1. The minimum Gasteiger partial charge on any atom is -0.379 e. The van der Waals surface area contributed by atoms with Crippen LogP contribution in [0.5, 0.6) is 0 Å². The summed E-state index contributed by atoms with van der Waals surface area (Å²) in [5, 5.41) is 14.9. The molecule has 0 unspecified atom stereocenters. The Labute approximate surface area is 141 Å². The van der Waals surface area contributed by atoms with E-state index in [4.69, 9.17) is 15.0 Å². The van der Waals surface area contributed by atoms with Crippen molar-refractivity contribution in [2.75, 3.05) is 24.7 Å². The highest BCUT2D eigenvalue weighted by atomic mass is 32.2. The molecule has 0 aliphatic carbocycles. The van der Waals surface area contributed by atoms with Gasteiger partial charge in [0.25, 0.3) is 0 Å². The first kappa shape index (κ1) is 16.2. The molecule has 2 aromatic rings. The van der Waals surface area contributed by atoms with Crippen LogP contribution >= 0.6 is 23.1 Å². The number of nitrogens with one attached hydrogen (secondary N) is 1. The molecule has 0 bridgehead atoms. The summed E-state index contributed by atoms with van der Waals surface area (Å²) in [4.78, 5) is 12.1. The monoisotopic (exact) mass is 355 g/mol. The maximum Gasteiger partial charge on any atom is 0.230 e. The number of anilines is 1. The molecule has 1 fully saturated rings. The predicted octanol–water partition coefficient (Wildman–Crippen LogP) is 0.883. The normalized spacial score (nSPS) is 20.7. The lowest BCUT2D eigenvalue weighted by atomic mass is 9.98. The van der Waals surface area contributed by atoms with Crippen LogP contribution in [0.3, 0.4) is 0 Å². The fourth-order valence-electron chi connectivity index (χ4n) is 2.38. The second-order valence-corrected chi connectivity index (χ2v) is 7.54. The van der Waals surface area contributed by atoms with Crippen molar-refractivity contribution in [3.05, 3.63) is 17.5 Å². The Balaban J connectivity index is 1.48. The third-order valence-corrected chi connectivity index (χ3v) is 5.32. The minimum absolute atomic E-state index is 0.0204. The molecular weight excluding hydrogens is 338 g/mol. The largest absolute Gasteiger partial charge is 0.379 e. The molecule has 0 radical (unpaired) electrons. The zero-order valence-electron chi connectivity index (χ0n) is 12.5. The van der Waals surface area contributed by atoms with Gasteiger partial charge in [0.2, 0.25) is 11.0 Å². The Morgan fingerprint density at radius 2 is 2.39 bits per heavy atom. The van der Waals surface area contributed by atoms with E-state index in [0.717, 1.165) is 11.5 Å². The fourth-order valence-corrected chi connectivity index (χ4v) is 3.83. The first-order chi connectivity index (χ1) is 11.1. The SMILES string of the molecule is Cc1cc(C[C@@H]2COC[C@@H]2NC(=O)CSc2nnc(N)s2)on1. The quantitative estimate of drug-likeness (QED) is 0.734. The first-order valence-corrected chi connectivity index (χ1v) is 8.91. The lowest BCUT2D eigenvalue weighted by Crippen LogP contribution is -2.41. The lowest BCUT2D eigenvalue weighted by molar-refractivity contribution is -0.119. The number of nitrogen functional groups attached to an aromatic ring is 1. The van der Waals surface area contributed by atoms with Crippen LogP contribution in [0, 0.1) is 12.8 Å². The topological polar surface area (TPSA) is 116 Å². The van der Waals surface area contributed by atoms with Crippen LogP contribution in [0.2, 0.25) is 0 Å². The number of nitrogens with zero attached hydrogens (tertiary/aromatic N) is 3. The van der Waals surface area contributed by atoms with Gasteiger partial charge in [0, 0.05) is 18.4 Å². The van der Waals surface area contributed by atoms with E-state index in [9.17, 15) is 4.79 Å². The number of aryl methyl sites for hydroxylation is 1. The molecular formula is C13H17N5O3S2. The Morgan fingerprint density at radius 3 is 3.09 bits per heavy atom. The highest BCUT2D eigenvalue weighted by Gasteiger charge is 2.30. The van der Waals surface area contributed by atoms with Gasteiger partial charge in [0.15, 0.2) is 4.34 Å². The van der Waals surface area contributed by atoms with E-state index in [-0.39, 0.29) is 23.6 Å². The van der Waals surface area contributed by atoms with Crippen LogP contribution < -0.4 is 11.1 Å². The molecule has 3 heterocycles. The molecule has 1 aliphatic rings. The molecule has 2 aromatic heterocycles. The van der Waals surface area contributed by atoms with Gasteiger partial charge < -0.3 is 20.3 Å². The molecule has 0 saturated carbocycles. The molecule has 0 spiro atoms. The van der Waals surface area contributed by atoms with Crippen LogP contribution in [-0.2, 0) is 16.0 Å². The van der Waals surface area contributed by atoms with Crippen molar-refractivity contribution in [3.63, 3.8) is 0 Å². The summed E-state index contributed by atoms with van der Waals surface area (Å²) in [5.41, 5.74) is 6.36. The molecule has 1 saturated heterocycles. The maximum atomic E-state index is 12.1. The second-order valence-electron chi connectivity index (χ2n) is 5.31. The Morgan fingerprint density at radius 1 is 1.52 bits per heavy atom. The van der Waals surface area contributed by atoms with E-state index in [1.165, 1.54) is 23.1 Å². The molecule has 3 N–H and O–H groups in total. The molecule has 10 heteroatoms. The van der Waals surface area contributed by atoms with Crippen LogP contribution in [0.25, 0.3) is 0 Å². The van der Waals surface area contributed by atoms with E-state index in [0.29, 0.717) is 29.1 Å². The number of rotatable bonds is 6. The van der Waals surface area contributed by atoms with Gasteiger partial charge in [-0.25, -0.2) is 0 Å². The number of carbonyl (C=O) groups is 1. The fraction of sp³-hybridized carbons (Fsp3) is 0.538. The van der Waals surface area contributed by atoms with E-state index in [1.54, 1.807) is 0 Å². The Kier molecular flexibility index (Phi) is 5.13. The third-order valence-electron chi connectivity index (χ3n) is 3.43. The van der Waals surface area contributed by atoms with Crippen molar-refractivity contribution in [2.24, 2.45) is 5.92 Å². The summed E-state index contributed by atoms with van der Waals surface area (Å²) >= 11 is 2.60. The highest BCUT2D eigenvalue weighted by Crippen LogP contribution is 2.24. The van der Waals surface area contributed by atoms with Crippen molar-refractivity contribution in [1.82, 2.24) is 20.7 Å². The van der Waals surface area contributed by atoms with Gasteiger partial charge in [-0.3, -0.25) is 4.79 Å². The van der Waals surface area contributed by atoms with E-state index >= 15 is 0 Å². The molecule has 2 atom stereocenters. The van der Waals surface area contributed by atoms with Crippen molar-refractivity contribution in [3.8, 4) is 0 Å². The van der Waals surface area contributed by atoms with Crippen LogP contribution in [0.4, 0.5) is 5.13 Å². The minimum atomic E-state index is -0.0574. The Bertz CT molecular complexity index is 674. The summed E-state index contributed by atoms with van der Waals surface area (Å²) < 4.78 is 11.4. The van der Waals surface area contributed by atoms with Crippen molar-refractivity contribution in [1.29, 1.82) is 0 Å². The lowest BCUT2D eigenvalue weighted by Gasteiger charge is -2.17. The summed E-state index contributed by atoms with van der Waals surface area (Å²) in [6, 6.07) is 1.89. The number of hydrogen-bond acceptors (Lipinski definition) is 9. The van der Waals surface area contributed by atoms with Gasteiger partial charge in [0.05, 0.1) is 30.7 Å². The van der Waals surface area contributed by atoms with Crippen molar-refractivity contribution >= 4 is 34.1 Å². The summed E-state index contributed by atoms with van der Waals surface area (Å²) in [7, 11) is 0. The molecule has 3 rings (SSSR count). The van der Waals surface area contributed by atoms with Gasteiger partial charge in [-0.1, -0.05) is 28.3 Å².